The fraction of sp³-hybridized carbons (Fsp3) is 0.364. The van der Waals surface area contributed by atoms with Crippen molar-refractivity contribution in [3.05, 3.63) is 54.1 Å². The molecule has 2 aromatic carbocycles. The normalized spacial score (nSPS) is 10.5. The molecule has 0 spiro atoms. The van der Waals surface area contributed by atoms with E-state index in [9.17, 15) is 4.79 Å². The molecule has 2 rings (SSSR count). The van der Waals surface area contributed by atoms with Crippen LogP contribution in [0.15, 0.2) is 48.5 Å². The van der Waals surface area contributed by atoms with Crippen LogP contribution in [-0.4, -0.2) is 37.4 Å². The van der Waals surface area contributed by atoms with Crippen LogP contribution in [-0.2, 0) is 4.74 Å². The van der Waals surface area contributed by atoms with Crippen LogP contribution in [0.1, 0.15) is 31.1 Å². The van der Waals surface area contributed by atoms with Crippen molar-refractivity contribution in [3.63, 3.8) is 0 Å². The smallest absolute Gasteiger partial charge is 0.257 e. The SMILES string of the molecule is CCOCCOc1ccc(NC(=S)NC(=O)c2cccc(OCC(C)C)c2)cc1. The van der Waals surface area contributed by atoms with E-state index in [4.69, 9.17) is 26.4 Å². The van der Waals surface area contributed by atoms with Gasteiger partial charge in [-0.2, -0.15) is 0 Å². The number of rotatable bonds is 10. The van der Waals surface area contributed by atoms with E-state index in [1.54, 1.807) is 18.2 Å². The summed E-state index contributed by atoms with van der Waals surface area (Å²) in [5.41, 5.74) is 1.23. The molecule has 0 atom stereocenters. The maximum atomic E-state index is 12.4. The minimum atomic E-state index is -0.298. The number of carbonyl (C=O) groups excluding carboxylic acids is 1. The first-order valence-electron chi connectivity index (χ1n) is 9.63. The molecule has 7 heteroatoms. The van der Waals surface area contributed by atoms with E-state index < -0.39 is 0 Å². The van der Waals surface area contributed by atoms with Crippen LogP contribution in [0, 0.1) is 5.92 Å². The van der Waals surface area contributed by atoms with Crippen molar-refractivity contribution in [2.45, 2.75) is 20.8 Å². The van der Waals surface area contributed by atoms with Gasteiger partial charge in [0.1, 0.15) is 18.1 Å². The summed E-state index contributed by atoms with van der Waals surface area (Å²) in [6, 6.07) is 14.3. The van der Waals surface area contributed by atoms with Gasteiger partial charge in [0.15, 0.2) is 5.11 Å². The van der Waals surface area contributed by atoms with Gasteiger partial charge in [-0.1, -0.05) is 19.9 Å². The topological polar surface area (TPSA) is 68.8 Å². The van der Waals surface area contributed by atoms with Crippen molar-refractivity contribution in [1.82, 2.24) is 5.32 Å². The number of benzene rings is 2. The maximum absolute atomic E-state index is 12.4. The molecule has 1 amide bonds. The number of nitrogens with one attached hydrogen (secondary N) is 2. The lowest BCUT2D eigenvalue weighted by Crippen LogP contribution is -2.34. The van der Waals surface area contributed by atoms with Gasteiger partial charge in [0, 0.05) is 17.9 Å². The molecule has 0 unspecified atom stereocenters. The number of amides is 1. The molecular weight excluding hydrogens is 388 g/mol. The molecule has 0 aromatic heterocycles. The highest BCUT2D eigenvalue weighted by atomic mass is 32.1. The fourth-order valence-corrected chi connectivity index (χ4v) is 2.54. The molecular formula is C22H28N2O4S. The third-order valence-corrected chi connectivity index (χ3v) is 3.92. The zero-order chi connectivity index (χ0) is 21.1. The standard InChI is InChI=1S/C22H28N2O4S/c1-4-26-12-13-27-19-10-8-18(9-11-19)23-22(29)24-21(25)17-6-5-7-20(14-17)28-15-16(2)3/h5-11,14,16H,4,12-13,15H2,1-3H3,(H2,23,24,25,29). The minimum absolute atomic E-state index is 0.216. The van der Waals surface area contributed by atoms with Crippen LogP contribution in [0.3, 0.4) is 0 Å². The summed E-state index contributed by atoms with van der Waals surface area (Å²) in [4.78, 5) is 12.4. The second kappa shape index (κ2) is 12.0. The second-order valence-corrected chi connectivity index (χ2v) is 7.12. The van der Waals surface area contributed by atoms with Crippen LogP contribution in [0.2, 0.25) is 0 Å². The Labute approximate surface area is 177 Å². The number of thiocarbonyl (C=S) groups is 1. The van der Waals surface area contributed by atoms with E-state index in [1.165, 1.54) is 0 Å². The number of anilines is 1. The molecule has 6 nitrogen and oxygen atoms in total. The predicted molar refractivity (Wildman–Crippen MR) is 119 cm³/mol. The molecule has 0 radical (unpaired) electrons. The van der Waals surface area contributed by atoms with Gasteiger partial charge < -0.3 is 19.5 Å². The molecule has 0 saturated carbocycles. The molecule has 0 fully saturated rings. The van der Waals surface area contributed by atoms with Crippen LogP contribution in [0.4, 0.5) is 5.69 Å². The average Bonchev–Trinajstić information content (AvgIpc) is 2.71. The minimum Gasteiger partial charge on any atom is -0.493 e. The van der Waals surface area contributed by atoms with E-state index in [2.05, 4.69) is 24.5 Å². The molecule has 0 aliphatic carbocycles. The van der Waals surface area contributed by atoms with Crippen LogP contribution < -0.4 is 20.1 Å². The maximum Gasteiger partial charge on any atom is 0.257 e. The Morgan fingerprint density at radius 2 is 1.79 bits per heavy atom. The zero-order valence-corrected chi connectivity index (χ0v) is 17.9. The van der Waals surface area contributed by atoms with Gasteiger partial charge >= 0.3 is 0 Å². The molecule has 29 heavy (non-hydrogen) atoms. The summed E-state index contributed by atoms with van der Waals surface area (Å²) >= 11 is 5.24. The van der Waals surface area contributed by atoms with Gasteiger partial charge in [-0.25, -0.2) is 0 Å². The van der Waals surface area contributed by atoms with E-state index in [1.807, 2.05) is 37.3 Å². The van der Waals surface area contributed by atoms with Gasteiger partial charge in [-0.05, 0) is 67.5 Å². The van der Waals surface area contributed by atoms with Crippen LogP contribution >= 0.6 is 12.2 Å². The number of carbonyl (C=O) groups is 1. The lowest BCUT2D eigenvalue weighted by atomic mass is 10.2. The Morgan fingerprint density at radius 3 is 2.48 bits per heavy atom. The quantitative estimate of drug-likeness (QED) is 0.445. The lowest BCUT2D eigenvalue weighted by molar-refractivity contribution is 0.0977. The van der Waals surface area contributed by atoms with Crippen molar-refractivity contribution in [2.24, 2.45) is 5.92 Å². The Morgan fingerprint density at radius 1 is 1.03 bits per heavy atom. The fourth-order valence-electron chi connectivity index (χ4n) is 2.32. The number of ether oxygens (including phenoxy) is 3. The van der Waals surface area contributed by atoms with Crippen LogP contribution in [0.5, 0.6) is 11.5 Å². The summed E-state index contributed by atoms with van der Waals surface area (Å²) in [6.45, 7) is 8.40. The number of hydrogen-bond acceptors (Lipinski definition) is 5. The summed E-state index contributed by atoms with van der Waals surface area (Å²) in [5, 5.41) is 5.88. The summed E-state index contributed by atoms with van der Waals surface area (Å²) in [5.74, 6) is 1.51. The Hall–Kier alpha value is -2.64. The molecule has 2 N–H and O–H groups in total. The van der Waals surface area contributed by atoms with E-state index in [-0.39, 0.29) is 11.0 Å². The molecule has 0 aliphatic rings. The van der Waals surface area contributed by atoms with Crippen LogP contribution in [0.25, 0.3) is 0 Å². The highest BCUT2D eigenvalue weighted by molar-refractivity contribution is 7.80. The van der Waals surface area contributed by atoms with Gasteiger partial charge in [0.05, 0.1) is 13.2 Å². The van der Waals surface area contributed by atoms with Crippen molar-refractivity contribution in [3.8, 4) is 11.5 Å². The average molecular weight is 417 g/mol. The van der Waals surface area contributed by atoms with Crippen molar-refractivity contribution < 1.29 is 19.0 Å². The van der Waals surface area contributed by atoms with E-state index in [0.29, 0.717) is 43.7 Å². The molecule has 0 aliphatic heterocycles. The Kier molecular flexibility index (Phi) is 9.40. The first-order valence-corrected chi connectivity index (χ1v) is 10.0. The van der Waals surface area contributed by atoms with E-state index >= 15 is 0 Å². The van der Waals surface area contributed by atoms with Crippen molar-refractivity contribution >= 4 is 28.9 Å². The molecule has 0 heterocycles. The summed E-state index contributed by atoms with van der Waals surface area (Å²) in [7, 11) is 0. The Balaban J connectivity index is 1.84. The molecule has 2 aromatic rings. The molecule has 0 saturated heterocycles. The highest BCUT2D eigenvalue weighted by Gasteiger charge is 2.09. The first-order chi connectivity index (χ1) is 14.0. The number of hydrogen-bond donors (Lipinski definition) is 2. The summed E-state index contributed by atoms with van der Waals surface area (Å²) < 4.78 is 16.5. The summed E-state index contributed by atoms with van der Waals surface area (Å²) in [6.07, 6.45) is 0. The second-order valence-electron chi connectivity index (χ2n) is 6.71. The monoisotopic (exact) mass is 416 g/mol. The third-order valence-electron chi connectivity index (χ3n) is 3.72. The van der Waals surface area contributed by atoms with E-state index in [0.717, 1.165) is 11.4 Å². The largest absolute Gasteiger partial charge is 0.493 e. The van der Waals surface area contributed by atoms with Crippen molar-refractivity contribution in [2.75, 3.05) is 31.7 Å². The van der Waals surface area contributed by atoms with Gasteiger partial charge in [0.25, 0.3) is 5.91 Å². The highest BCUT2D eigenvalue weighted by Crippen LogP contribution is 2.16. The lowest BCUT2D eigenvalue weighted by Gasteiger charge is -2.12. The predicted octanol–water partition coefficient (Wildman–Crippen LogP) is 4.26. The zero-order valence-electron chi connectivity index (χ0n) is 17.1. The third kappa shape index (κ3) is 8.50. The van der Waals surface area contributed by atoms with Gasteiger partial charge in [-0.15, -0.1) is 0 Å². The van der Waals surface area contributed by atoms with Gasteiger partial charge in [-0.3, -0.25) is 10.1 Å². The first kappa shape index (κ1) is 22.6. The Bertz CT molecular complexity index is 794. The molecule has 0 bridgehead atoms. The van der Waals surface area contributed by atoms with Crippen molar-refractivity contribution in [1.29, 1.82) is 0 Å². The van der Waals surface area contributed by atoms with Gasteiger partial charge in [0.2, 0.25) is 0 Å². The molecule has 156 valence electrons.